The lowest BCUT2D eigenvalue weighted by molar-refractivity contribution is -0.240. The number of hydrogen-bond donors (Lipinski definition) is 2. The van der Waals surface area contributed by atoms with E-state index in [0.717, 1.165) is 0 Å². The quantitative estimate of drug-likeness (QED) is 0.519. The van der Waals surface area contributed by atoms with Crippen LogP contribution in [-0.4, -0.2) is 55.0 Å². The largest absolute Gasteiger partial charge is 0.508 e. The normalized spacial score (nSPS) is 28.7. The number of fused-ring (bicyclic) bond motifs is 2. The van der Waals surface area contributed by atoms with Gasteiger partial charge in [-0.3, -0.25) is 4.99 Å². The number of likely N-dealkylation sites (N-methyl/N-ethyl adjacent to an activating group) is 1. The fourth-order valence-electron chi connectivity index (χ4n) is 2.86. The third kappa shape index (κ3) is 1.82. The number of carbonyl (C=O) groups is 2. The molecule has 1 aromatic rings. The molecule has 2 unspecified atom stereocenters. The summed E-state index contributed by atoms with van der Waals surface area (Å²) in [4.78, 5) is 29.2. The van der Waals surface area contributed by atoms with Crippen LogP contribution in [0.4, 0.5) is 5.69 Å². The van der Waals surface area contributed by atoms with E-state index < -0.39 is 24.0 Å². The number of carbonyl (C=O) groups excluding carboxylic acids is 2. The van der Waals surface area contributed by atoms with E-state index in [0.29, 0.717) is 24.5 Å². The van der Waals surface area contributed by atoms with E-state index in [9.17, 15) is 14.7 Å². The van der Waals surface area contributed by atoms with Crippen molar-refractivity contribution < 1.29 is 28.9 Å². The predicted molar refractivity (Wildman–Crippen MR) is 76.1 cm³/mol. The molecule has 9 nitrogen and oxygen atoms in total. The fraction of sp³-hybridized carbons (Fsp3) is 0.357. The molecular weight excluding hydrogens is 306 g/mol. The van der Waals surface area contributed by atoms with Crippen LogP contribution in [0.15, 0.2) is 23.2 Å². The molecule has 120 valence electrons. The molecule has 0 amide bonds. The Bertz CT molecular complexity index is 748. The fourth-order valence-corrected chi connectivity index (χ4v) is 2.86. The third-order valence-corrected chi connectivity index (χ3v) is 3.89. The summed E-state index contributed by atoms with van der Waals surface area (Å²) in [6, 6.07) is 4.45. The Morgan fingerprint density at radius 1 is 1.35 bits per heavy atom. The highest BCUT2D eigenvalue weighted by Gasteiger charge is 2.62. The number of phenols is 1. The van der Waals surface area contributed by atoms with Crippen molar-refractivity contribution in [2.45, 2.75) is 12.0 Å². The average Bonchev–Trinajstić information content (AvgIpc) is 3.06. The standard InChI is InChI=1S/C14H13N3O6/c1-17-8-6-7(18)2-3-9(8)22-14(12-15-4-5-16-12)13(17)21-10(19)11(20)23-14/h2-3,6,13,18H,4-5H2,1H3,(H,15,16). The van der Waals surface area contributed by atoms with Gasteiger partial charge in [0.15, 0.2) is 5.84 Å². The first-order chi connectivity index (χ1) is 11.0. The molecule has 0 saturated carbocycles. The van der Waals surface area contributed by atoms with Crippen LogP contribution >= 0.6 is 0 Å². The van der Waals surface area contributed by atoms with Gasteiger partial charge in [0.2, 0.25) is 0 Å². The topological polar surface area (TPSA) is 110 Å². The lowest BCUT2D eigenvalue weighted by atomic mass is 10.1. The molecule has 3 aliphatic heterocycles. The maximum absolute atomic E-state index is 11.8. The second-order valence-electron chi connectivity index (χ2n) is 5.34. The van der Waals surface area contributed by atoms with Gasteiger partial charge in [0, 0.05) is 19.7 Å². The van der Waals surface area contributed by atoms with Gasteiger partial charge in [-0.05, 0) is 12.1 Å². The summed E-state index contributed by atoms with van der Waals surface area (Å²) in [6.45, 7) is 1.05. The van der Waals surface area contributed by atoms with Gasteiger partial charge >= 0.3 is 17.7 Å². The van der Waals surface area contributed by atoms with E-state index in [1.54, 1.807) is 18.0 Å². The Kier molecular flexibility index (Phi) is 2.68. The van der Waals surface area contributed by atoms with Gasteiger partial charge < -0.3 is 29.5 Å². The number of benzene rings is 1. The molecular formula is C14H13N3O6. The first-order valence-corrected chi connectivity index (χ1v) is 6.99. The number of aliphatic imine (C=N–C) groups is 1. The third-order valence-electron chi connectivity index (χ3n) is 3.89. The molecule has 0 aliphatic carbocycles. The molecule has 23 heavy (non-hydrogen) atoms. The zero-order valence-electron chi connectivity index (χ0n) is 12.1. The molecule has 1 aromatic carbocycles. The number of esters is 2. The van der Waals surface area contributed by atoms with Crippen LogP contribution in [0.1, 0.15) is 0 Å². The first kappa shape index (κ1) is 13.7. The summed E-state index contributed by atoms with van der Waals surface area (Å²) in [5, 5.41) is 12.7. The molecule has 3 heterocycles. The number of amidine groups is 1. The van der Waals surface area contributed by atoms with Crippen molar-refractivity contribution >= 4 is 23.5 Å². The van der Waals surface area contributed by atoms with Crippen molar-refractivity contribution in [3.63, 3.8) is 0 Å². The maximum atomic E-state index is 11.8. The van der Waals surface area contributed by atoms with Crippen molar-refractivity contribution in [3.8, 4) is 11.5 Å². The van der Waals surface area contributed by atoms with Crippen LogP contribution in [0.25, 0.3) is 0 Å². The number of hydrogen-bond acceptors (Lipinski definition) is 9. The zero-order chi connectivity index (χ0) is 16.2. The second kappa shape index (κ2) is 4.51. The Morgan fingerprint density at radius 2 is 2.17 bits per heavy atom. The second-order valence-corrected chi connectivity index (χ2v) is 5.34. The van der Waals surface area contributed by atoms with Gasteiger partial charge in [0.1, 0.15) is 11.5 Å². The Labute approximate surface area is 130 Å². The summed E-state index contributed by atoms with van der Waals surface area (Å²) in [5.41, 5.74) is 0.495. The van der Waals surface area contributed by atoms with E-state index in [1.807, 2.05) is 0 Å². The van der Waals surface area contributed by atoms with Crippen LogP contribution < -0.4 is 15.0 Å². The number of phenolic OH excluding ortho intramolecular Hbond substituents is 1. The van der Waals surface area contributed by atoms with E-state index in [2.05, 4.69) is 10.3 Å². The van der Waals surface area contributed by atoms with Gasteiger partial charge in [-0.2, -0.15) is 0 Å². The zero-order valence-corrected chi connectivity index (χ0v) is 12.1. The number of anilines is 1. The lowest BCUT2D eigenvalue weighted by Crippen LogP contribution is -2.71. The predicted octanol–water partition coefficient (Wildman–Crippen LogP) is -0.655. The number of nitrogens with one attached hydrogen (secondary N) is 1. The molecule has 1 fully saturated rings. The highest BCUT2D eigenvalue weighted by atomic mass is 16.8. The number of aromatic hydroxyl groups is 1. The first-order valence-electron chi connectivity index (χ1n) is 6.99. The molecule has 1 saturated heterocycles. The van der Waals surface area contributed by atoms with Crippen LogP contribution in [0.5, 0.6) is 11.5 Å². The highest BCUT2D eigenvalue weighted by Crippen LogP contribution is 2.44. The van der Waals surface area contributed by atoms with Crippen LogP contribution in [-0.2, 0) is 19.1 Å². The summed E-state index contributed by atoms with van der Waals surface area (Å²) in [5.74, 6) is -3.27. The highest BCUT2D eigenvalue weighted by molar-refractivity contribution is 6.31. The van der Waals surface area contributed by atoms with Gasteiger partial charge in [-0.1, -0.05) is 0 Å². The SMILES string of the molecule is CN1c2cc(O)ccc2OC2(C3=NCCN3)OC(=O)C(=O)OC12. The van der Waals surface area contributed by atoms with E-state index >= 15 is 0 Å². The maximum Gasteiger partial charge on any atom is 0.421 e. The molecule has 0 aromatic heterocycles. The minimum atomic E-state index is -1.69. The number of ether oxygens (including phenoxy) is 3. The Morgan fingerprint density at radius 3 is 2.91 bits per heavy atom. The van der Waals surface area contributed by atoms with Crippen molar-refractivity contribution in [1.29, 1.82) is 0 Å². The van der Waals surface area contributed by atoms with Crippen molar-refractivity contribution in [3.05, 3.63) is 18.2 Å². The minimum absolute atomic E-state index is 0.0298. The molecule has 0 radical (unpaired) electrons. The van der Waals surface area contributed by atoms with Gasteiger partial charge in [0.25, 0.3) is 6.23 Å². The lowest BCUT2D eigenvalue weighted by Gasteiger charge is -2.48. The van der Waals surface area contributed by atoms with Crippen molar-refractivity contribution in [2.24, 2.45) is 4.99 Å². The minimum Gasteiger partial charge on any atom is -0.508 e. The number of rotatable bonds is 1. The average molecular weight is 319 g/mol. The van der Waals surface area contributed by atoms with Gasteiger partial charge in [-0.15, -0.1) is 0 Å². The van der Waals surface area contributed by atoms with E-state index in [4.69, 9.17) is 14.2 Å². The molecule has 3 aliphatic rings. The Balaban J connectivity index is 1.87. The van der Waals surface area contributed by atoms with Crippen LogP contribution in [0.3, 0.4) is 0 Å². The molecule has 2 atom stereocenters. The summed E-state index contributed by atoms with van der Waals surface area (Å²) in [7, 11) is 1.64. The summed E-state index contributed by atoms with van der Waals surface area (Å²) < 4.78 is 16.4. The van der Waals surface area contributed by atoms with E-state index in [1.165, 1.54) is 12.1 Å². The molecule has 2 N–H and O–H groups in total. The van der Waals surface area contributed by atoms with Gasteiger partial charge in [-0.25, -0.2) is 9.59 Å². The summed E-state index contributed by atoms with van der Waals surface area (Å²) >= 11 is 0. The Hall–Kier alpha value is -2.97. The van der Waals surface area contributed by atoms with Gasteiger partial charge in [0.05, 0.1) is 12.2 Å². The van der Waals surface area contributed by atoms with Crippen LogP contribution in [0, 0.1) is 0 Å². The molecule has 0 spiro atoms. The molecule has 0 bridgehead atoms. The van der Waals surface area contributed by atoms with Crippen LogP contribution in [0.2, 0.25) is 0 Å². The van der Waals surface area contributed by atoms with Crippen molar-refractivity contribution in [1.82, 2.24) is 5.32 Å². The van der Waals surface area contributed by atoms with E-state index in [-0.39, 0.29) is 11.6 Å². The monoisotopic (exact) mass is 319 g/mol. The van der Waals surface area contributed by atoms with Crippen molar-refractivity contribution in [2.75, 3.05) is 25.0 Å². The number of nitrogens with zero attached hydrogens (tertiary/aromatic N) is 2. The molecule has 9 heteroatoms. The smallest absolute Gasteiger partial charge is 0.421 e. The summed E-state index contributed by atoms with van der Waals surface area (Å²) in [6.07, 6.45) is -1.06. The molecule has 4 rings (SSSR count).